The van der Waals surface area contributed by atoms with Gasteiger partial charge in [-0.25, -0.2) is 0 Å². The average molecular weight is 347 g/mol. The third-order valence-corrected chi connectivity index (χ3v) is 5.29. The lowest BCUT2D eigenvalue weighted by atomic mass is 9.94. The Morgan fingerprint density at radius 1 is 1.48 bits per heavy atom. The van der Waals surface area contributed by atoms with Crippen LogP contribution in [0.3, 0.4) is 0 Å². The van der Waals surface area contributed by atoms with Crippen LogP contribution in [-0.2, 0) is 14.3 Å². The Hall–Kier alpha value is -1.50. The summed E-state index contributed by atoms with van der Waals surface area (Å²) in [4.78, 5) is 20.8. The average Bonchev–Trinajstić information content (AvgIpc) is 3.25. The number of aromatic nitrogens is 1. The second-order valence-electron chi connectivity index (χ2n) is 7.18. The fraction of sp³-hybridized carbons (Fsp3) is 0.684. The number of hydrogen-bond acceptors (Lipinski definition) is 5. The number of amides is 1. The summed E-state index contributed by atoms with van der Waals surface area (Å²) in [5.41, 5.74) is 1.22. The van der Waals surface area contributed by atoms with Crippen LogP contribution in [0.4, 0.5) is 0 Å². The van der Waals surface area contributed by atoms with E-state index in [2.05, 4.69) is 23.0 Å². The number of nitrogens with zero attached hydrogens (tertiary/aromatic N) is 3. The maximum Gasteiger partial charge on any atom is 0.248 e. The zero-order valence-corrected chi connectivity index (χ0v) is 15.3. The molecule has 6 nitrogen and oxygen atoms in total. The molecule has 3 heterocycles. The fourth-order valence-corrected chi connectivity index (χ4v) is 3.91. The predicted molar refractivity (Wildman–Crippen MR) is 95.1 cm³/mol. The van der Waals surface area contributed by atoms with Crippen LogP contribution in [0, 0.1) is 5.92 Å². The third-order valence-electron chi connectivity index (χ3n) is 5.29. The summed E-state index contributed by atoms with van der Waals surface area (Å²) in [5.74, 6) is 0.457. The standard InChI is InChI=1S/C19H29N3O3/c1-21-9-7-16(19(21)15-5-3-8-20-11-15)12-22(2)18(23)14-24-13-17-6-4-10-25-17/h3,5,8,11,16-17,19H,4,6-7,9-10,12-14H2,1-2H3/t16-,17+,19-/m0/s1. The van der Waals surface area contributed by atoms with Crippen LogP contribution in [0.2, 0.25) is 0 Å². The molecule has 0 saturated carbocycles. The summed E-state index contributed by atoms with van der Waals surface area (Å²) in [5, 5.41) is 0. The molecule has 0 N–H and O–H groups in total. The van der Waals surface area contributed by atoms with Gasteiger partial charge in [0.1, 0.15) is 6.61 Å². The lowest BCUT2D eigenvalue weighted by Crippen LogP contribution is -2.36. The van der Waals surface area contributed by atoms with Crippen molar-refractivity contribution in [1.82, 2.24) is 14.8 Å². The Kier molecular flexibility index (Phi) is 6.39. The van der Waals surface area contributed by atoms with Crippen LogP contribution < -0.4 is 0 Å². The number of likely N-dealkylation sites (N-methyl/N-ethyl adjacent to an activating group) is 1. The molecular weight excluding hydrogens is 318 g/mol. The summed E-state index contributed by atoms with van der Waals surface area (Å²) in [6.07, 6.45) is 7.11. The van der Waals surface area contributed by atoms with Gasteiger partial charge in [0.25, 0.3) is 0 Å². The highest BCUT2D eigenvalue weighted by molar-refractivity contribution is 5.77. The van der Waals surface area contributed by atoms with Gasteiger partial charge < -0.3 is 14.4 Å². The van der Waals surface area contributed by atoms with Crippen molar-refractivity contribution in [2.24, 2.45) is 5.92 Å². The lowest BCUT2D eigenvalue weighted by Gasteiger charge is -2.28. The second kappa shape index (κ2) is 8.74. The lowest BCUT2D eigenvalue weighted by molar-refractivity contribution is -0.136. The molecule has 1 amide bonds. The van der Waals surface area contributed by atoms with E-state index >= 15 is 0 Å². The van der Waals surface area contributed by atoms with Gasteiger partial charge in [0.15, 0.2) is 0 Å². The summed E-state index contributed by atoms with van der Waals surface area (Å²) < 4.78 is 11.1. The molecule has 0 radical (unpaired) electrons. The van der Waals surface area contributed by atoms with Crippen LogP contribution >= 0.6 is 0 Å². The zero-order chi connectivity index (χ0) is 17.6. The minimum atomic E-state index is 0.0393. The summed E-state index contributed by atoms with van der Waals surface area (Å²) in [7, 11) is 4.01. The highest BCUT2D eigenvalue weighted by atomic mass is 16.5. The van der Waals surface area contributed by atoms with E-state index in [-0.39, 0.29) is 18.6 Å². The Morgan fingerprint density at radius 3 is 3.08 bits per heavy atom. The number of ether oxygens (including phenoxy) is 2. The molecule has 0 aromatic carbocycles. The molecule has 3 atom stereocenters. The van der Waals surface area contributed by atoms with E-state index in [0.717, 1.165) is 39.0 Å². The van der Waals surface area contributed by atoms with Gasteiger partial charge in [-0.1, -0.05) is 6.07 Å². The van der Waals surface area contributed by atoms with E-state index in [1.165, 1.54) is 5.56 Å². The van der Waals surface area contributed by atoms with Gasteiger partial charge in [-0.15, -0.1) is 0 Å². The number of pyridine rings is 1. The molecule has 2 aliphatic heterocycles. The number of carbonyl (C=O) groups is 1. The van der Waals surface area contributed by atoms with Gasteiger partial charge in [-0.3, -0.25) is 14.7 Å². The molecular formula is C19H29N3O3. The summed E-state index contributed by atoms with van der Waals surface area (Å²) in [6, 6.07) is 4.42. The molecule has 1 aromatic rings. The zero-order valence-electron chi connectivity index (χ0n) is 15.3. The smallest absolute Gasteiger partial charge is 0.248 e. The van der Waals surface area contributed by atoms with Crippen molar-refractivity contribution in [2.45, 2.75) is 31.4 Å². The molecule has 6 heteroatoms. The molecule has 2 saturated heterocycles. The van der Waals surface area contributed by atoms with Crippen LogP contribution in [0.1, 0.15) is 30.9 Å². The van der Waals surface area contributed by atoms with Crippen molar-refractivity contribution in [3.63, 3.8) is 0 Å². The quantitative estimate of drug-likeness (QED) is 0.752. The largest absolute Gasteiger partial charge is 0.376 e. The summed E-state index contributed by atoms with van der Waals surface area (Å²) >= 11 is 0. The topological polar surface area (TPSA) is 54.9 Å². The molecule has 2 aliphatic rings. The molecule has 138 valence electrons. The maximum absolute atomic E-state index is 12.4. The van der Waals surface area contributed by atoms with Gasteiger partial charge >= 0.3 is 0 Å². The first kappa shape index (κ1) is 18.3. The number of rotatable bonds is 7. The number of hydrogen-bond donors (Lipinski definition) is 0. The Balaban J connectivity index is 1.48. The summed E-state index contributed by atoms with van der Waals surface area (Å²) in [6.45, 7) is 3.25. The Morgan fingerprint density at radius 2 is 2.36 bits per heavy atom. The molecule has 0 spiro atoms. The SMILES string of the molecule is CN(C[C@@H]1CCN(C)[C@H]1c1cccnc1)C(=O)COC[C@H]1CCCO1. The fourth-order valence-electron chi connectivity index (χ4n) is 3.91. The van der Waals surface area contributed by atoms with E-state index in [9.17, 15) is 4.79 Å². The first-order chi connectivity index (χ1) is 12.1. The van der Waals surface area contributed by atoms with E-state index in [0.29, 0.717) is 18.6 Å². The predicted octanol–water partition coefficient (Wildman–Crippen LogP) is 1.73. The highest BCUT2D eigenvalue weighted by Crippen LogP contribution is 2.36. The molecule has 0 bridgehead atoms. The first-order valence-electron chi connectivity index (χ1n) is 9.18. The van der Waals surface area contributed by atoms with Crippen LogP contribution in [0.15, 0.2) is 24.5 Å². The first-order valence-corrected chi connectivity index (χ1v) is 9.18. The molecule has 3 rings (SSSR count). The van der Waals surface area contributed by atoms with Gasteiger partial charge in [0, 0.05) is 38.6 Å². The number of carbonyl (C=O) groups excluding carboxylic acids is 1. The third kappa shape index (κ3) is 4.77. The van der Waals surface area contributed by atoms with E-state index in [4.69, 9.17) is 9.47 Å². The normalized spacial score (nSPS) is 26.9. The molecule has 0 aliphatic carbocycles. The van der Waals surface area contributed by atoms with Crippen molar-refractivity contribution in [3.8, 4) is 0 Å². The van der Waals surface area contributed by atoms with Crippen LogP contribution in [-0.4, -0.2) is 73.8 Å². The van der Waals surface area contributed by atoms with Crippen molar-refractivity contribution >= 4 is 5.91 Å². The van der Waals surface area contributed by atoms with Gasteiger partial charge in [-0.2, -0.15) is 0 Å². The Labute approximate surface area is 150 Å². The highest BCUT2D eigenvalue weighted by Gasteiger charge is 2.34. The van der Waals surface area contributed by atoms with Crippen LogP contribution in [0.25, 0.3) is 0 Å². The van der Waals surface area contributed by atoms with Gasteiger partial charge in [-0.05, 0) is 50.4 Å². The Bertz CT molecular complexity index is 548. The van der Waals surface area contributed by atoms with Crippen LogP contribution in [0.5, 0.6) is 0 Å². The monoisotopic (exact) mass is 347 g/mol. The number of likely N-dealkylation sites (tertiary alicyclic amines) is 1. The maximum atomic E-state index is 12.4. The second-order valence-corrected chi connectivity index (χ2v) is 7.18. The van der Waals surface area contributed by atoms with Gasteiger partial charge in [0.2, 0.25) is 5.91 Å². The van der Waals surface area contributed by atoms with Gasteiger partial charge in [0.05, 0.1) is 12.7 Å². The van der Waals surface area contributed by atoms with Crippen molar-refractivity contribution in [1.29, 1.82) is 0 Å². The molecule has 1 aromatic heterocycles. The van der Waals surface area contributed by atoms with Crippen molar-refractivity contribution in [3.05, 3.63) is 30.1 Å². The van der Waals surface area contributed by atoms with Crippen molar-refractivity contribution < 1.29 is 14.3 Å². The van der Waals surface area contributed by atoms with E-state index in [1.54, 1.807) is 6.20 Å². The molecule has 25 heavy (non-hydrogen) atoms. The minimum Gasteiger partial charge on any atom is -0.376 e. The molecule has 0 unspecified atom stereocenters. The van der Waals surface area contributed by atoms with E-state index < -0.39 is 0 Å². The van der Waals surface area contributed by atoms with Crippen molar-refractivity contribution in [2.75, 3.05) is 47.0 Å². The van der Waals surface area contributed by atoms with E-state index in [1.807, 2.05) is 24.2 Å². The molecule has 2 fully saturated rings. The minimum absolute atomic E-state index is 0.0393.